The number of aromatic amines is 1. The molecule has 0 saturated carbocycles. The first-order valence-electron chi connectivity index (χ1n) is 9.69. The first-order chi connectivity index (χ1) is 12.7. The molecule has 5 nitrogen and oxygen atoms in total. The number of nitrogens with one attached hydrogen (secondary N) is 1. The van der Waals surface area contributed by atoms with E-state index in [0.717, 1.165) is 55.4 Å². The predicted octanol–water partition coefficient (Wildman–Crippen LogP) is 2.87. The van der Waals surface area contributed by atoms with Crippen molar-refractivity contribution >= 4 is 11.6 Å². The van der Waals surface area contributed by atoms with Gasteiger partial charge in [-0.2, -0.15) is 0 Å². The summed E-state index contributed by atoms with van der Waals surface area (Å²) in [6.45, 7) is 6.70. The summed E-state index contributed by atoms with van der Waals surface area (Å²) in [5, 5.41) is 4.15. The van der Waals surface area contributed by atoms with Gasteiger partial charge in [0.05, 0.1) is 12.2 Å². The number of fused-ring (bicyclic) bond motifs is 1. The van der Waals surface area contributed by atoms with Crippen molar-refractivity contribution in [1.82, 2.24) is 19.6 Å². The zero-order chi connectivity index (χ0) is 17.9. The zero-order valence-electron chi connectivity index (χ0n) is 15.2. The third-order valence-corrected chi connectivity index (χ3v) is 5.86. The number of benzene rings is 1. The maximum Gasteiger partial charge on any atom is 0.270 e. The Labute approximate surface area is 159 Å². The van der Waals surface area contributed by atoms with E-state index < -0.39 is 0 Å². The number of hydrogen-bond acceptors (Lipinski definition) is 3. The quantitative estimate of drug-likeness (QED) is 0.875. The molecule has 4 rings (SSSR count). The highest BCUT2D eigenvalue weighted by Gasteiger charge is 2.22. The number of rotatable bonds is 5. The lowest BCUT2D eigenvalue weighted by Crippen LogP contribution is -2.35. The molecule has 0 radical (unpaired) electrons. The number of likely N-dealkylation sites (tertiary alicyclic amines) is 1. The van der Waals surface area contributed by atoms with Crippen LogP contribution in [0, 0.1) is 0 Å². The topological polar surface area (TPSA) is 44.3 Å². The van der Waals surface area contributed by atoms with Crippen molar-refractivity contribution in [3.05, 3.63) is 56.5 Å². The minimum absolute atomic E-state index is 0.183. The average Bonchev–Trinajstić information content (AvgIpc) is 2.98. The largest absolute Gasteiger partial charge is 0.301 e. The molecule has 1 aromatic carbocycles. The molecule has 0 unspecified atom stereocenters. The summed E-state index contributed by atoms with van der Waals surface area (Å²) in [7, 11) is 0. The van der Waals surface area contributed by atoms with Crippen molar-refractivity contribution in [2.75, 3.05) is 26.2 Å². The summed E-state index contributed by atoms with van der Waals surface area (Å²) in [5.41, 5.74) is 3.51. The van der Waals surface area contributed by atoms with Gasteiger partial charge in [0.25, 0.3) is 5.56 Å². The van der Waals surface area contributed by atoms with Crippen LogP contribution in [0.15, 0.2) is 29.1 Å². The highest BCUT2D eigenvalue weighted by atomic mass is 35.5. The predicted molar refractivity (Wildman–Crippen MR) is 105 cm³/mol. The Balaban J connectivity index is 1.39. The fourth-order valence-corrected chi connectivity index (χ4v) is 4.23. The Morgan fingerprint density at radius 2 is 1.73 bits per heavy atom. The fraction of sp³-hybridized carbons (Fsp3) is 0.550. The van der Waals surface area contributed by atoms with Gasteiger partial charge in [-0.15, -0.1) is 0 Å². The first-order valence-corrected chi connectivity index (χ1v) is 10.1. The smallest absolute Gasteiger partial charge is 0.270 e. The molecule has 2 aliphatic rings. The van der Waals surface area contributed by atoms with E-state index in [2.05, 4.69) is 27.0 Å². The molecular formula is C20H27ClN4O. The number of piperidine rings is 1. The van der Waals surface area contributed by atoms with Crippen molar-refractivity contribution in [2.45, 2.75) is 45.3 Å². The second kappa shape index (κ2) is 7.99. The van der Waals surface area contributed by atoms with Crippen molar-refractivity contribution in [1.29, 1.82) is 0 Å². The summed E-state index contributed by atoms with van der Waals surface area (Å²) in [4.78, 5) is 17.5. The molecule has 1 fully saturated rings. The third kappa shape index (κ3) is 4.05. The minimum atomic E-state index is 0.183. The highest BCUT2D eigenvalue weighted by Crippen LogP contribution is 2.18. The number of nitrogens with zero attached hydrogens (tertiary/aromatic N) is 3. The van der Waals surface area contributed by atoms with E-state index in [1.54, 1.807) is 0 Å². The molecule has 140 valence electrons. The van der Waals surface area contributed by atoms with E-state index in [9.17, 15) is 4.79 Å². The molecular weight excluding hydrogens is 348 g/mol. The fourth-order valence-electron chi connectivity index (χ4n) is 4.10. The van der Waals surface area contributed by atoms with Gasteiger partial charge < -0.3 is 4.90 Å². The van der Waals surface area contributed by atoms with E-state index >= 15 is 0 Å². The van der Waals surface area contributed by atoms with E-state index in [-0.39, 0.29) is 5.56 Å². The van der Waals surface area contributed by atoms with Crippen molar-refractivity contribution in [2.24, 2.45) is 0 Å². The second-order valence-corrected chi connectivity index (χ2v) is 7.95. The number of H-pyrrole nitrogens is 1. The van der Waals surface area contributed by atoms with Gasteiger partial charge >= 0.3 is 0 Å². The SMILES string of the molecule is O=c1c2c([nH]n1CCN1CCCCC1)CN(Cc1ccc(Cl)cc1)CC2. The molecule has 0 spiro atoms. The van der Waals surface area contributed by atoms with Crippen LogP contribution in [0.4, 0.5) is 0 Å². The summed E-state index contributed by atoms with van der Waals surface area (Å²) in [6.07, 6.45) is 4.75. The van der Waals surface area contributed by atoms with Gasteiger partial charge in [0, 0.05) is 36.8 Å². The Morgan fingerprint density at radius 1 is 0.962 bits per heavy atom. The summed E-state index contributed by atoms with van der Waals surface area (Å²) in [6, 6.07) is 8.02. The summed E-state index contributed by atoms with van der Waals surface area (Å²) in [5.74, 6) is 0. The standard InChI is InChI=1S/C20H27ClN4O/c21-17-6-4-16(5-7-17)14-24-11-8-18-19(15-24)22-25(20(18)26)13-12-23-9-2-1-3-10-23/h4-7,22H,1-3,8-15H2. The summed E-state index contributed by atoms with van der Waals surface area (Å²) >= 11 is 5.97. The van der Waals surface area contributed by atoms with E-state index in [0.29, 0.717) is 0 Å². The van der Waals surface area contributed by atoms with E-state index in [1.165, 1.54) is 37.9 Å². The molecule has 1 N–H and O–H groups in total. The number of aromatic nitrogens is 2. The highest BCUT2D eigenvalue weighted by molar-refractivity contribution is 6.30. The summed E-state index contributed by atoms with van der Waals surface area (Å²) < 4.78 is 1.82. The molecule has 1 aromatic heterocycles. The monoisotopic (exact) mass is 374 g/mol. The van der Waals surface area contributed by atoms with Crippen LogP contribution in [0.2, 0.25) is 5.02 Å². The van der Waals surface area contributed by atoms with Crippen LogP contribution in [-0.2, 0) is 26.1 Å². The molecule has 2 aromatic rings. The van der Waals surface area contributed by atoms with Gasteiger partial charge in [0.1, 0.15) is 0 Å². The van der Waals surface area contributed by atoms with Crippen LogP contribution in [0.3, 0.4) is 0 Å². The van der Waals surface area contributed by atoms with Crippen LogP contribution in [-0.4, -0.2) is 45.8 Å². The van der Waals surface area contributed by atoms with E-state index in [1.807, 2.05) is 16.8 Å². The Bertz CT molecular complexity index is 789. The normalized spacial score (nSPS) is 18.8. The molecule has 0 amide bonds. The van der Waals surface area contributed by atoms with Gasteiger partial charge in [0.15, 0.2) is 0 Å². The lowest BCUT2D eigenvalue weighted by atomic mass is 10.1. The maximum atomic E-state index is 12.7. The molecule has 1 saturated heterocycles. The number of halogens is 1. The van der Waals surface area contributed by atoms with Gasteiger partial charge in [-0.25, -0.2) is 0 Å². The molecule has 0 bridgehead atoms. The number of hydrogen-bond donors (Lipinski definition) is 1. The van der Waals surface area contributed by atoms with E-state index in [4.69, 9.17) is 11.6 Å². The van der Waals surface area contributed by atoms with Gasteiger partial charge in [0.2, 0.25) is 0 Å². The van der Waals surface area contributed by atoms with Crippen LogP contribution in [0.1, 0.15) is 36.1 Å². The first kappa shape index (κ1) is 17.8. The lowest BCUT2D eigenvalue weighted by Gasteiger charge is -2.26. The van der Waals surface area contributed by atoms with Crippen LogP contribution >= 0.6 is 11.6 Å². The lowest BCUT2D eigenvalue weighted by molar-refractivity contribution is 0.216. The molecule has 3 heterocycles. The van der Waals surface area contributed by atoms with Crippen molar-refractivity contribution in [3.63, 3.8) is 0 Å². The zero-order valence-corrected chi connectivity index (χ0v) is 16.0. The van der Waals surface area contributed by atoms with Gasteiger partial charge in [-0.3, -0.25) is 19.5 Å². The van der Waals surface area contributed by atoms with Crippen molar-refractivity contribution < 1.29 is 0 Å². The Morgan fingerprint density at radius 3 is 2.50 bits per heavy atom. The maximum absolute atomic E-state index is 12.7. The van der Waals surface area contributed by atoms with Gasteiger partial charge in [-0.05, 0) is 50.0 Å². The van der Waals surface area contributed by atoms with Crippen molar-refractivity contribution in [3.8, 4) is 0 Å². The minimum Gasteiger partial charge on any atom is -0.301 e. The molecule has 0 atom stereocenters. The molecule has 6 heteroatoms. The molecule has 2 aliphatic heterocycles. The van der Waals surface area contributed by atoms with Crippen LogP contribution in [0.25, 0.3) is 0 Å². The molecule has 26 heavy (non-hydrogen) atoms. The second-order valence-electron chi connectivity index (χ2n) is 7.52. The Kier molecular flexibility index (Phi) is 5.48. The van der Waals surface area contributed by atoms with Gasteiger partial charge in [-0.1, -0.05) is 30.2 Å². The van der Waals surface area contributed by atoms with Crippen LogP contribution in [0.5, 0.6) is 0 Å². The molecule has 0 aliphatic carbocycles. The third-order valence-electron chi connectivity index (χ3n) is 5.61. The Hall–Kier alpha value is -1.56. The van der Waals surface area contributed by atoms with Crippen LogP contribution < -0.4 is 5.56 Å². The average molecular weight is 375 g/mol.